The van der Waals surface area contributed by atoms with Crippen LogP contribution in [0.1, 0.15) is 17.0 Å². The first-order valence-corrected chi connectivity index (χ1v) is 4.50. The zero-order valence-corrected chi connectivity index (χ0v) is 8.52. The van der Waals surface area contributed by atoms with Gasteiger partial charge in [-0.2, -0.15) is 5.10 Å². The molecule has 0 saturated carbocycles. The molecule has 72 valence electrons. The molecule has 0 aliphatic carbocycles. The van der Waals surface area contributed by atoms with E-state index < -0.39 is 0 Å². The third-order valence-electron chi connectivity index (χ3n) is 2.39. The van der Waals surface area contributed by atoms with Crippen molar-refractivity contribution in [3.05, 3.63) is 35.4 Å². The van der Waals surface area contributed by atoms with Crippen LogP contribution in [-0.4, -0.2) is 19.7 Å². The second-order valence-corrected chi connectivity index (χ2v) is 3.26. The summed E-state index contributed by atoms with van der Waals surface area (Å²) in [4.78, 5) is 8.31. The summed E-state index contributed by atoms with van der Waals surface area (Å²) in [6.45, 7) is 6.06. The Bertz CT molecular complexity index is 445. The Morgan fingerprint density at radius 3 is 2.21 bits per heavy atom. The molecule has 0 spiro atoms. The minimum absolute atomic E-state index is 0.626. The fourth-order valence-corrected chi connectivity index (χ4v) is 1.32. The Kier molecular flexibility index (Phi) is 2.04. The number of aromatic nitrogens is 4. The first-order valence-electron chi connectivity index (χ1n) is 4.50. The highest BCUT2D eigenvalue weighted by molar-refractivity contribution is 5.27. The minimum Gasteiger partial charge on any atom is -0.220 e. The van der Waals surface area contributed by atoms with E-state index in [1.807, 2.05) is 13.8 Å². The monoisotopic (exact) mass is 188 g/mol. The van der Waals surface area contributed by atoms with Crippen LogP contribution in [0.25, 0.3) is 5.95 Å². The molecule has 0 saturated heterocycles. The van der Waals surface area contributed by atoms with E-state index in [0.717, 1.165) is 11.4 Å². The molecule has 0 bridgehead atoms. The van der Waals surface area contributed by atoms with Crippen LogP contribution >= 0.6 is 0 Å². The van der Waals surface area contributed by atoms with Crippen molar-refractivity contribution in [1.29, 1.82) is 0 Å². The van der Waals surface area contributed by atoms with Crippen LogP contribution in [0.3, 0.4) is 0 Å². The lowest BCUT2D eigenvalue weighted by Gasteiger charge is -2.00. The van der Waals surface area contributed by atoms with Crippen molar-refractivity contribution in [3.63, 3.8) is 0 Å². The van der Waals surface area contributed by atoms with Crippen LogP contribution < -0.4 is 0 Å². The first kappa shape index (κ1) is 8.87. The van der Waals surface area contributed by atoms with Crippen molar-refractivity contribution in [1.82, 2.24) is 19.7 Å². The van der Waals surface area contributed by atoms with Crippen LogP contribution in [-0.2, 0) is 0 Å². The normalized spacial score (nSPS) is 10.5. The van der Waals surface area contributed by atoms with E-state index in [1.165, 1.54) is 5.56 Å². The molecule has 0 atom stereocenters. The average Bonchev–Trinajstić information content (AvgIpc) is 2.47. The van der Waals surface area contributed by atoms with Gasteiger partial charge in [0.05, 0.1) is 5.69 Å². The van der Waals surface area contributed by atoms with E-state index in [9.17, 15) is 0 Å². The molecule has 2 aromatic heterocycles. The van der Waals surface area contributed by atoms with Gasteiger partial charge in [0.2, 0.25) is 0 Å². The molecule has 0 unspecified atom stereocenters. The Hall–Kier alpha value is -1.71. The lowest BCUT2D eigenvalue weighted by Crippen LogP contribution is -2.03. The fraction of sp³-hybridized carbons (Fsp3) is 0.300. The Morgan fingerprint density at radius 1 is 1.07 bits per heavy atom. The van der Waals surface area contributed by atoms with Crippen LogP contribution in [0.15, 0.2) is 18.5 Å². The number of hydrogen-bond acceptors (Lipinski definition) is 3. The van der Waals surface area contributed by atoms with Gasteiger partial charge in [0, 0.05) is 18.1 Å². The summed E-state index contributed by atoms with van der Waals surface area (Å²) in [7, 11) is 0. The van der Waals surface area contributed by atoms with Crippen molar-refractivity contribution >= 4 is 0 Å². The summed E-state index contributed by atoms with van der Waals surface area (Å²) in [5.74, 6) is 0.626. The molecule has 0 aliphatic rings. The minimum atomic E-state index is 0.626. The number of aryl methyl sites for hydroxylation is 1. The summed E-state index contributed by atoms with van der Waals surface area (Å²) >= 11 is 0. The Labute approximate surface area is 82.6 Å². The van der Waals surface area contributed by atoms with Crippen LogP contribution in [0.5, 0.6) is 0 Å². The molecule has 0 aliphatic heterocycles. The molecule has 2 rings (SSSR count). The number of nitrogens with zero attached hydrogens (tertiary/aromatic N) is 4. The number of rotatable bonds is 1. The van der Waals surface area contributed by atoms with Gasteiger partial charge in [0.15, 0.2) is 0 Å². The molecular formula is C10H12N4. The van der Waals surface area contributed by atoms with E-state index in [2.05, 4.69) is 22.0 Å². The van der Waals surface area contributed by atoms with Crippen molar-refractivity contribution in [2.75, 3.05) is 0 Å². The van der Waals surface area contributed by atoms with E-state index in [0.29, 0.717) is 5.95 Å². The Morgan fingerprint density at radius 2 is 1.71 bits per heavy atom. The van der Waals surface area contributed by atoms with E-state index in [-0.39, 0.29) is 0 Å². The predicted octanol–water partition coefficient (Wildman–Crippen LogP) is 1.59. The molecule has 0 radical (unpaired) electrons. The summed E-state index contributed by atoms with van der Waals surface area (Å²) in [6.07, 6.45) is 3.43. The van der Waals surface area contributed by atoms with Crippen molar-refractivity contribution in [2.45, 2.75) is 20.8 Å². The van der Waals surface area contributed by atoms with Gasteiger partial charge in [-0.1, -0.05) is 0 Å². The largest absolute Gasteiger partial charge is 0.250 e. The molecule has 0 aromatic carbocycles. The molecule has 0 amide bonds. The van der Waals surface area contributed by atoms with Crippen molar-refractivity contribution in [3.8, 4) is 5.95 Å². The smallest absolute Gasteiger partial charge is 0.220 e. The van der Waals surface area contributed by atoms with Gasteiger partial charge in [-0.3, -0.25) is 0 Å². The molecule has 4 heteroatoms. The molecule has 2 heterocycles. The fourth-order valence-electron chi connectivity index (χ4n) is 1.32. The number of hydrogen-bond donors (Lipinski definition) is 0. The van der Waals surface area contributed by atoms with Gasteiger partial charge in [-0.15, -0.1) is 0 Å². The topological polar surface area (TPSA) is 43.6 Å². The highest BCUT2D eigenvalue weighted by Crippen LogP contribution is 2.13. The average molecular weight is 188 g/mol. The summed E-state index contributed by atoms with van der Waals surface area (Å²) in [5.41, 5.74) is 3.31. The summed E-state index contributed by atoms with van der Waals surface area (Å²) < 4.78 is 1.77. The molecule has 4 nitrogen and oxygen atoms in total. The van der Waals surface area contributed by atoms with E-state index in [4.69, 9.17) is 0 Å². The van der Waals surface area contributed by atoms with Crippen molar-refractivity contribution < 1.29 is 0 Å². The zero-order valence-electron chi connectivity index (χ0n) is 8.52. The summed E-state index contributed by atoms with van der Waals surface area (Å²) in [5, 5.41) is 4.37. The van der Waals surface area contributed by atoms with E-state index >= 15 is 0 Å². The lowest BCUT2D eigenvalue weighted by molar-refractivity contribution is 0.773. The first-order chi connectivity index (χ1) is 6.70. The highest BCUT2D eigenvalue weighted by atomic mass is 15.4. The second-order valence-electron chi connectivity index (χ2n) is 3.26. The van der Waals surface area contributed by atoms with Gasteiger partial charge >= 0.3 is 0 Å². The van der Waals surface area contributed by atoms with Crippen LogP contribution in [0.2, 0.25) is 0 Å². The molecule has 2 aromatic rings. The maximum atomic E-state index is 4.37. The van der Waals surface area contributed by atoms with Crippen molar-refractivity contribution in [2.24, 2.45) is 0 Å². The second kappa shape index (κ2) is 3.21. The maximum Gasteiger partial charge on any atom is 0.250 e. The zero-order chi connectivity index (χ0) is 10.1. The lowest BCUT2D eigenvalue weighted by atomic mass is 10.2. The molecular weight excluding hydrogens is 176 g/mol. The third-order valence-corrected chi connectivity index (χ3v) is 2.39. The Balaban J connectivity index is 2.58. The molecule has 14 heavy (non-hydrogen) atoms. The summed E-state index contributed by atoms with van der Waals surface area (Å²) in [6, 6.07) is 1.79. The molecule has 0 N–H and O–H groups in total. The standard InChI is InChI=1S/C10H12N4/c1-7-8(2)13-14(9(7)3)10-11-5-4-6-12-10/h4-6H,1-3H3. The quantitative estimate of drug-likeness (QED) is 0.682. The maximum absolute atomic E-state index is 4.37. The molecule has 0 fully saturated rings. The van der Waals surface area contributed by atoms with Gasteiger partial charge in [0.25, 0.3) is 5.95 Å². The highest BCUT2D eigenvalue weighted by Gasteiger charge is 2.09. The van der Waals surface area contributed by atoms with Gasteiger partial charge in [-0.05, 0) is 32.4 Å². The van der Waals surface area contributed by atoms with Gasteiger partial charge in [0.1, 0.15) is 0 Å². The van der Waals surface area contributed by atoms with Crippen LogP contribution in [0.4, 0.5) is 0 Å². The SMILES string of the molecule is Cc1nn(-c2ncccn2)c(C)c1C. The van der Waals surface area contributed by atoms with Gasteiger partial charge < -0.3 is 0 Å². The van der Waals surface area contributed by atoms with Crippen LogP contribution in [0, 0.1) is 20.8 Å². The van der Waals surface area contributed by atoms with Gasteiger partial charge in [-0.25, -0.2) is 14.6 Å². The predicted molar refractivity (Wildman–Crippen MR) is 53.4 cm³/mol. The third kappa shape index (κ3) is 1.28. The van der Waals surface area contributed by atoms with E-state index in [1.54, 1.807) is 23.1 Å².